The lowest BCUT2D eigenvalue weighted by molar-refractivity contribution is 1.47. The molecule has 78 valence electrons. The molecule has 0 saturated carbocycles. The van der Waals surface area contributed by atoms with Gasteiger partial charge in [0.2, 0.25) is 0 Å². The average molecular weight is 199 g/mol. The van der Waals surface area contributed by atoms with E-state index in [4.69, 9.17) is 0 Å². The number of hydrogen-bond acceptors (Lipinski definition) is 1. The SMILES string of the molecule is CN.Cc1cccc(-c2ccccc2)c1. The predicted octanol–water partition coefficient (Wildman–Crippen LogP) is 3.24. The van der Waals surface area contributed by atoms with Crippen LogP contribution < -0.4 is 5.73 Å². The molecular formula is C14H17N. The lowest BCUT2D eigenvalue weighted by Crippen LogP contribution is -1.77. The van der Waals surface area contributed by atoms with E-state index >= 15 is 0 Å². The second-order valence-corrected chi connectivity index (χ2v) is 3.24. The van der Waals surface area contributed by atoms with Gasteiger partial charge >= 0.3 is 0 Å². The number of aryl methyl sites for hydroxylation is 1. The molecule has 0 spiro atoms. The molecule has 15 heavy (non-hydrogen) atoms. The molecule has 0 aliphatic heterocycles. The van der Waals surface area contributed by atoms with E-state index in [2.05, 4.69) is 61.2 Å². The first-order valence-corrected chi connectivity index (χ1v) is 5.06. The molecule has 2 aromatic carbocycles. The van der Waals surface area contributed by atoms with Crippen LogP contribution in [0, 0.1) is 6.92 Å². The van der Waals surface area contributed by atoms with Crippen LogP contribution in [0.4, 0.5) is 0 Å². The molecule has 0 aliphatic rings. The maximum atomic E-state index is 4.50. The van der Waals surface area contributed by atoms with E-state index in [-0.39, 0.29) is 0 Å². The van der Waals surface area contributed by atoms with E-state index < -0.39 is 0 Å². The molecule has 0 amide bonds. The van der Waals surface area contributed by atoms with Crippen molar-refractivity contribution in [1.82, 2.24) is 0 Å². The van der Waals surface area contributed by atoms with Gasteiger partial charge in [-0.3, -0.25) is 0 Å². The summed E-state index contributed by atoms with van der Waals surface area (Å²) in [5.74, 6) is 0. The Bertz CT molecular complexity index is 393. The van der Waals surface area contributed by atoms with Crippen LogP contribution >= 0.6 is 0 Å². The smallest absolute Gasteiger partial charge is 0.0181 e. The summed E-state index contributed by atoms with van der Waals surface area (Å²) in [6, 6.07) is 19.0. The van der Waals surface area contributed by atoms with Gasteiger partial charge in [-0.1, -0.05) is 60.2 Å². The topological polar surface area (TPSA) is 26.0 Å². The molecule has 1 nitrogen and oxygen atoms in total. The van der Waals surface area contributed by atoms with E-state index in [1.54, 1.807) is 0 Å². The molecule has 2 aromatic rings. The largest absolute Gasteiger partial charge is 0.333 e. The molecule has 0 saturated heterocycles. The fourth-order valence-electron chi connectivity index (χ4n) is 1.46. The predicted molar refractivity (Wildman–Crippen MR) is 66.7 cm³/mol. The molecule has 0 atom stereocenters. The van der Waals surface area contributed by atoms with Gasteiger partial charge in [0.1, 0.15) is 0 Å². The van der Waals surface area contributed by atoms with E-state index in [0.29, 0.717) is 0 Å². The summed E-state index contributed by atoms with van der Waals surface area (Å²) in [6.07, 6.45) is 0. The van der Waals surface area contributed by atoms with Gasteiger partial charge < -0.3 is 5.73 Å². The highest BCUT2D eigenvalue weighted by atomic mass is 14.4. The molecule has 0 fully saturated rings. The van der Waals surface area contributed by atoms with Crippen LogP contribution in [-0.2, 0) is 0 Å². The van der Waals surface area contributed by atoms with E-state index in [1.165, 1.54) is 23.7 Å². The van der Waals surface area contributed by atoms with Crippen molar-refractivity contribution >= 4 is 0 Å². The average Bonchev–Trinajstić information content (AvgIpc) is 2.33. The Morgan fingerprint density at radius 1 is 0.733 bits per heavy atom. The number of hydrogen-bond donors (Lipinski definition) is 1. The summed E-state index contributed by atoms with van der Waals surface area (Å²) in [6.45, 7) is 2.12. The monoisotopic (exact) mass is 199 g/mol. The lowest BCUT2D eigenvalue weighted by atomic mass is 10.0. The van der Waals surface area contributed by atoms with E-state index in [0.717, 1.165) is 0 Å². The third-order valence-electron chi connectivity index (χ3n) is 2.13. The second kappa shape index (κ2) is 5.99. The Morgan fingerprint density at radius 3 is 1.93 bits per heavy atom. The highest BCUT2D eigenvalue weighted by molar-refractivity contribution is 5.63. The molecule has 0 radical (unpaired) electrons. The highest BCUT2D eigenvalue weighted by Crippen LogP contribution is 2.19. The van der Waals surface area contributed by atoms with Gasteiger partial charge in [0.15, 0.2) is 0 Å². The molecule has 0 bridgehead atoms. The first-order chi connectivity index (χ1) is 7.36. The maximum Gasteiger partial charge on any atom is -0.0181 e. The summed E-state index contributed by atoms with van der Waals surface area (Å²) in [5, 5.41) is 0. The molecule has 0 aliphatic carbocycles. The van der Waals surface area contributed by atoms with Crippen LogP contribution in [0.1, 0.15) is 5.56 Å². The number of nitrogens with two attached hydrogens (primary N) is 1. The minimum Gasteiger partial charge on any atom is -0.333 e. The molecule has 2 N–H and O–H groups in total. The Balaban J connectivity index is 0.000000531. The molecule has 0 aromatic heterocycles. The molecule has 0 unspecified atom stereocenters. The molecular weight excluding hydrogens is 182 g/mol. The van der Waals surface area contributed by atoms with Gasteiger partial charge in [0.05, 0.1) is 0 Å². The van der Waals surface area contributed by atoms with Crippen molar-refractivity contribution in [1.29, 1.82) is 0 Å². The first-order valence-electron chi connectivity index (χ1n) is 5.06. The van der Waals surface area contributed by atoms with Crippen LogP contribution in [-0.4, -0.2) is 7.05 Å². The molecule has 2 rings (SSSR count). The Labute approximate surface area is 91.6 Å². The van der Waals surface area contributed by atoms with Crippen molar-refractivity contribution in [2.75, 3.05) is 7.05 Å². The minimum atomic E-state index is 1.28. The summed E-state index contributed by atoms with van der Waals surface area (Å²) < 4.78 is 0. The maximum absolute atomic E-state index is 4.50. The fraction of sp³-hybridized carbons (Fsp3) is 0.143. The van der Waals surface area contributed by atoms with Crippen LogP contribution in [0.5, 0.6) is 0 Å². The normalized spacial score (nSPS) is 9.00. The third kappa shape index (κ3) is 3.22. The summed E-state index contributed by atoms with van der Waals surface area (Å²) >= 11 is 0. The van der Waals surface area contributed by atoms with E-state index in [9.17, 15) is 0 Å². The van der Waals surface area contributed by atoms with Crippen molar-refractivity contribution in [2.24, 2.45) is 5.73 Å². The van der Waals surface area contributed by atoms with Crippen molar-refractivity contribution in [2.45, 2.75) is 6.92 Å². The minimum absolute atomic E-state index is 1.28. The standard InChI is InChI=1S/C13H12.CH5N/c1-11-6-5-9-13(10-11)12-7-3-2-4-8-12;1-2/h2-10H,1H3;2H2,1H3. The first kappa shape index (κ1) is 11.5. The second-order valence-electron chi connectivity index (χ2n) is 3.24. The van der Waals surface area contributed by atoms with Gasteiger partial charge in [0.25, 0.3) is 0 Å². The van der Waals surface area contributed by atoms with Gasteiger partial charge in [-0.25, -0.2) is 0 Å². The quantitative estimate of drug-likeness (QED) is 0.749. The van der Waals surface area contributed by atoms with Crippen LogP contribution in [0.15, 0.2) is 54.6 Å². The Morgan fingerprint density at radius 2 is 1.33 bits per heavy atom. The number of benzene rings is 2. The van der Waals surface area contributed by atoms with Gasteiger partial charge in [-0.05, 0) is 25.1 Å². The Hall–Kier alpha value is -1.60. The van der Waals surface area contributed by atoms with Crippen LogP contribution in [0.3, 0.4) is 0 Å². The highest BCUT2D eigenvalue weighted by Gasteiger charge is 1.94. The van der Waals surface area contributed by atoms with Crippen molar-refractivity contribution in [3.8, 4) is 11.1 Å². The number of rotatable bonds is 1. The van der Waals surface area contributed by atoms with Crippen LogP contribution in [0.2, 0.25) is 0 Å². The zero-order chi connectivity index (χ0) is 11.1. The van der Waals surface area contributed by atoms with Crippen molar-refractivity contribution in [3.05, 3.63) is 60.2 Å². The van der Waals surface area contributed by atoms with E-state index in [1.807, 2.05) is 6.07 Å². The van der Waals surface area contributed by atoms with Gasteiger partial charge in [-0.15, -0.1) is 0 Å². The van der Waals surface area contributed by atoms with Gasteiger partial charge in [0, 0.05) is 0 Å². The molecule has 0 heterocycles. The third-order valence-corrected chi connectivity index (χ3v) is 2.13. The summed E-state index contributed by atoms with van der Waals surface area (Å²) in [5.41, 5.74) is 8.38. The zero-order valence-corrected chi connectivity index (χ0v) is 9.27. The Kier molecular flexibility index (Phi) is 4.58. The summed E-state index contributed by atoms with van der Waals surface area (Å²) in [7, 11) is 1.50. The fourth-order valence-corrected chi connectivity index (χ4v) is 1.46. The van der Waals surface area contributed by atoms with Crippen molar-refractivity contribution in [3.63, 3.8) is 0 Å². The summed E-state index contributed by atoms with van der Waals surface area (Å²) in [4.78, 5) is 0. The van der Waals surface area contributed by atoms with Crippen molar-refractivity contribution < 1.29 is 0 Å². The van der Waals surface area contributed by atoms with Crippen LogP contribution in [0.25, 0.3) is 11.1 Å². The zero-order valence-electron chi connectivity index (χ0n) is 9.27. The molecule has 1 heteroatoms. The lowest BCUT2D eigenvalue weighted by Gasteiger charge is -2.01. The van der Waals surface area contributed by atoms with Gasteiger partial charge in [-0.2, -0.15) is 0 Å².